The van der Waals surface area contributed by atoms with Crippen molar-refractivity contribution in [2.24, 2.45) is 0 Å². The molecule has 3 N–H and O–H groups in total. The van der Waals surface area contributed by atoms with E-state index in [1.54, 1.807) is 6.07 Å². The first kappa shape index (κ1) is 13.7. The predicted octanol–water partition coefficient (Wildman–Crippen LogP) is 1.40. The molecule has 1 aromatic heterocycles. The Hall–Kier alpha value is -2.76. The van der Waals surface area contributed by atoms with Crippen molar-refractivity contribution in [1.29, 1.82) is 0 Å². The number of nitrogens with one attached hydrogen (secondary N) is 2. The molecule has 2 rings (SSSR count). The van der Waals surface area contributed by atoms with Crippen molar-refractivity contribution in [2.75, 3.05) is 24.3 Å². The van der Waals surface area contributed by atoms with Crippen LogP contribution in [0.25, 0.3) is 0 Å². The van der Waals surface area contributed by atoms with Crippen molar-refractivity contribution in [3.05, 3.63) is 52.3 Å². The number of aromatic nitrogens is 1. The molecule has 0 saturated heterocycles. The van der Waals surface area contributed by atoms with Gasteiger partial charge < -0.3 is 15.3 Å². The van der Waals surface area contributed by atoms with Crippen LogP contribution in [-0.4, -0.2) is 30.1 Å². The van der Waals surface area contributed by atoms with E-state index in [9.17, 15) is 14.7 Å². The van der Waals surface area contributed by atoms with E-state index in [0.717, 1.165) is 11.8 Å². The standard InChI is InChI=1S/C14H15N3O3/c1-17(2)11-5-3-4-10(8-11)15-14(20)9-6-12(18)16-13(19)7-9/h3-8H,1-2H3,(H,15,20)(H2,16,18,19). The Morgan fingerprint density at radius 1 is 1.25 bits per heavy atom. The van der Waals surface area contributed by atoms with E-state index in [4.69, 9.17) is 0 Å². The van der Waals surface area contributed by atoms with Crippen LogP contribution in [0.3, 0.4) is 0 Å². The van der Waals surface area contributed by atoms with E-state index in [1.165, 1.54) is 6.07 Å². The van der Waals surface area contributed by atoms with E-state index in [0.29, 0.717) is 5.69 Å². The number of hydrogen-bond acceptors (Lipinski definition) is 4. The third-order valence-electron chi connectivity index (χ3n) is 2.71. The number of rotatable bonds is 3. The lowest BCUT2D eigenvalue weighted by molar-refractivity contribution is 0.102. The lowest BCUT2D eigenvalue weighted by atomic mass is 10.2. The van der Waals surface area contributed by atoms with Gasteiger partial charge in [0, 0.05) is 37.6 Å². The summed E-state index contributed by atoms with van der Waals surface area (Å²) < 4.78 is 0. The van der Waals surface area contributed by atoms with Gasteiger partial charge in [0.1, 0.15) is 0 Å². The van der Waals surface area contributed by atoms with Crippen molar-refractivity contribution in [2.45, 2.75) is 0 Å². The smallest absolute Gasteiger partial charge is 0.256 e. The molecular formula is C14H15N3O3. The van der Waals surface area contributed by atoms with Crippen LogP contribution in [0.5, 0.6) is 5.88 Å². The van der Waals surface area contributed by atoms with Gasteiger partial charge in [-0.25, -0.2) is 0 Å². The van der Waals surface area contributed by atoms with Crippen LogP contribution in [0.1, 0.15) is 10.4 Å². The molecule has 104 valence electrons. The maximum Gasteiger partial charge on any atom is 0.256 e. The van der Waals surface area contributed by atoms with E-state index in [1.807, 2.05) is 37.2 Å². The van der Waals surface area contributed by atoms with Gasteiger partial charge in [-0.2, -0.15) is 0 Å². The third-order valence-corrected chi connectivity index (χ3v) is 2.71. The zero-order valence-electron chi connectivity index (χ0n) is 11.2. The predicted molar refractivity (Wildman–Crippen MR) is 77.4 cm³/mol. The first-order valence-corrected chi connectivity index (χ1v) is 5.98. The number of pyridine rings is 1. The molecule has 0 saturated carbocycles. The minimum absolute atomic E-state index is 0.0986. The number of nitrogens with zero attached hydrogens (tertiary/aromatic N) is 1. The van der Waals surface area contributed by atoms with Crippen LogP contribution >= 0.6 is 0 Å². The van der Waals surface area contributed by atoms with Gasteiger partial charge in [-0.05, 0) is 18.2 Å². The highest BCUT2D eigenvalue weighted by atomic mass is 16.3. The quantitative estimate of drug-likeness (QED) is 0.789. The van der Waals surface area contributed by atoms with Crippen LogP contribution in [0.4, 0.5) is 11.4 Å². The van der Waals surface area contributed by atoms with Gasteiger partial charge >= 0.3 is 0 Å². The summed E-state index contributed by atoms with van der Waals surface area (Å²) in [7, 11) is 3.80. The van der Waals surface area contributed by atoms with Crippen molar-refractivity contribution < 1.29 is 9.90 Å². The number of aromatic hydroxyl groups is 1. The third kappa shape index (κ3) is 3.17. The molecule has 1 aromatic carbocycles. The largest absolute Gasteiger partial charge is 0.494 e. The molecule has 20 heavy (non-hydrogen) atoms. The maximum absolute atomic E-state index is 12.0. The summed E-state index contributed by atoms with van der Waals surface area (Å²) >= 11 is 0. The Morgan fingerprint density at radius 2 is 2.00 bits per heavy atom. The first-order valence-electron chi connectivity index (χ1n) is 5.98. The van der Waals surface area contributed by atoms with Crippen LogP contribution in [0, 0.1) is 0 Å². The van der Waals surface area contributed by atoms with Gasteiger partial charge in [-0.1, -0.05) is 6.07 Å². The SMILES string of the molecule is CN(C)c1cccc(NC(=O)c2cc(O)[nH]c(=O)c2)c1. The first-order chi connectivity index (χ1) is 9.45. The van der Waals surface area contributed by atoms with Gasteiger partial charge in [-0.3, -0.25) is 14.6 Å². The minimum atomic E-state index is -0.530. The maximum atomic E-state index is 12.0. The number of hydrogen-bond donors (Lipinski definition) is 3. The van der Waals surface area contributed by atoms with Crippen LogP contribution in [0.15, 0.2) is 41.2 Å². The van der Waals surface area contributed by atoms with E-state index < -0.39 is 11.5 Å². The van der Waals surface area contributed by atoms with E-state index in [2.05, 4.69) is 10.3 Å². The summed E-state index contributed by atoms with van der Waals surface area (Å²) in [5.74, 6) is -0.799. The average molecular weight is 273 g/mol. The molecule has 1 heterocycles. The Balaban J connectivity index is 2.23. The molecule has 6 heteroatoms. The monoisotopic (exact) mass is 273 g/mol. The number of carbonyl (C=O) groups is 1. The molecule has 0 unspecified atom stereocenters. The summed E-state index contributed by atoms with van der Waals surface area (Å²) in [5, 5.41) is 12.0. The second-order valence-corrected chi connectivity index (χ2v) is 4.52. The Labute approximate surface area is 115 Å². The zero-order chi connectivity index (χ0) is 14.7. The molecule has 0 aliphatic heterocycles. The lowest BCUT2D eigenvalue weighted by Crippen LogP contribution is -2.16. The topological polar surface area (TPSA) is 85.4 Å². The molecule has 1 amide bonds. The zero-order valence-corrected chi connectivity index (χ0v) is 11.2. The molecule has 0 atom stereocenters. The summed E-state index contributed by atoms with van der Waals surface area (Å²) in [6, 6.07) is 9.62. The van der Waals surface area contributed by atoms with Gasteiger partial charge in [0.05, 0.1) is 5.56 Å². The number of amides is 1. The number of H-pyrrole nitrogens is 1. The number of carbonyl (C=O) groups excluding carboxylic acids is 1. The van der Waals surface area contributed by atoms with Crippen molar-refractivity contribution in [3.8, 4) is 5.88 Å². The molecule has 0 fully saturated rings. The van der Waals surface area contributed by atoms with Crippen LogP contribution in [-0.2, 0) is 0 Å². The number of anilines is 2. The number of benzene rings is 1. The van der Waals surface area contributed by atoms with Crippen molar-refractivity contribution in [3.63, 3.8) is 0 Å². The molecule has 0 bridgehead atoms. The molecule has 0 radical (unpaired) electrons. The highest BCUT2D eigenvalue weighted by Gasteiger charge is 2.09. The van der Waals surface area contributed by atoms with Gasteiger partial charge in [0.25, 0.3) is 11.5 Å². The van der Waals surface area contributed by atoms with Crippen molar-refractivity contribution >= 4 is 17.3 Å². The fraction of sp³-hybridized carbons (Fsp3) is 0.143. The molecule has 2 aromatic rings. The molecule has 0 aliphatic rings. The normalized spacial score (nSPS) is 10.1. The molecule has 0 spiro atoms. The minimum Gasteiger partial charge on any atom is -0.494 e. The lowest BCUT2D eigenvalue weighted by Gasteiger charge is -2.14. The van der Waals surface area contributed by atoms with Crippen LogP contribution in [0.2, 0.25) is 0 Å². The molecule has 6 nitrogen and oxygen atoms in total. The summed E-state index contributed by atoms with van der Waals surface area (Å²) in [4.78, 5) is 27.3. The fourth-order valence-electron chi connectivity index (χ4n) is 1.72. The Bertz CT molecular complexity index is 692. The average Bonchev–Trinajstić information content (AvgIpc) is 2.37. The number of aromatic amines is 1. The summed E-state index contributed by atoms with van der Waals surface area (Å²) in [6.07, 6.45) is 0. The fourth-order valence-corrected chi connectivity index (χ4v) is 1.72. The highest BCUT2D eigenvalue weighted by Crippen LogP contribution is 2.18. The Morgan fingerprint density at radius 3 is 2.65 bits per heavy atom. The van der Waals surface area contributed by atoms with Crippen molar-refractivity contribution in [1.82, 2.24) is 4.98 Å². The molecular weight excluding hydrogens is 258 g/mol. The second-order valence-electron chi connectivity index (χ2n) is 4.52. The van der Waals surface area contributed by atoms with Crippen LogP contribution < -0.4 is 15.8 Å². The second kappa shape index (κ2) is 5.48. The summed E-state index contributed by atoms with van der Waals surface area (Å²) in [6.45, 7) is 0. The summed E-state index contributed by atoms with van der Waals surface area (Å²) in [5.41, 5.74) is 1.12. The van der Waals surface area contributed by atoms with E-state index >= 15 is 0 Å². The Kier molecular flexibility index (Phi) is 3.74. The van der Waals surface area contributed by atoms with Gasteiger partial charge in [0.2, 0.25) is 0 Å². The van der Waals surface area contributed by atoms with Gasteiger partial charge in [-0.15, -0.1) is 0 Å². The highest BCUT2D eigenvalue weighted by molar-refractivity contribution is 6.04. The van der Waals surface area contributed by atoms with Gasteiger partial charge in [0.15, 0.2) is 5.88 Å². The molecule has 0 aliphatic carbocycles. The van der Waals surface area contributed by atoms with E-state index in [-0.39, 0.29) is 11.4 Å².